The Labute approximate surface area is 158 Å². The van der Waals surface area contributed by atoms with Crippen molar-refractivity contribution in [3.05, 3.63) is 53.4 Å². The van der Waals surface area contributed by atoms with Crippen LogP contribution in [0.4, 0.5) is 4.79 Å². The second-order valence-electron chi connectivity index (χ2n) is 7.65. The molecule has 0 spiro atoms. The SMILES string of the molecule is Cc1ccccc1[C@H]1[C@@H]2CN(C(=O)c3ccon3)C[C@@H]2CN1C(=O)N(C)C. The van der Waals surface area contributed by atoms with Crippen LogP contribution in [0.3, 0.4) is 0 Å². The van der Waals surface area contributed by atoms with Crippen molar-refractivity contribution < 1.29 is 14.1 Å². The van der Waals surface area contributed by atoms with Crippen LogP contribution in [-0.2, 0) is 0 Å². The molecule has 0 radical (unpaired) electrons. The Morgan fingerprint density at radius 2 is 1.93 bits per heavy atom. The third-order valence-electron chi connectivity index (χ3n) is 5.74. The van der Waals surface area contributed by atoms with E-state index in [1.807, 2.05) is 21.9 Å². The number of hydrogen-bond acceptors (Lipinski definition) is 4. The predicted molar refractivity (Wildman–Crippen MR) is 99.1 cm³/mol. The number of benzene rings is 1. The monoisotopic (exact) mass is 368 g/mol. The molecule has 2 aromatic rings. The fourth-order valence-electron chi connectivity index (χ4n) is 4.47. The number of amides is 3. The van der Waals surface area contributed by atoms with Gasteiger partial charge in [0.25, 0.3) is 5.91 Å². The van der Waals surface area contributed by atoms with Gasteiger partial charge >= 0.3 is 6.03 Å². The maximum absolute atomic E-state index is 12.8. The van der Waals surface area contributed by atoms with E-state index in [0.29, 0.717) is 25.3 Å². The zero-order valence-electron chi connectivity index (χ0n) is 15.8. The van der Waals surface area contributed by atoms with Gasteiger partial charge in [0.1, 0.15) is 6.26 Å². The fourth-order valence-corrected chi connectivity index (χ4v) is 4.47. The molecule has 2 saturated heterocycles. The molecule has 2 aliphatic heterocycles. The summed E-state index contributed by atoms with van der Waals surface area (Å²) in [6.45, 7) is 3.99. The Morgan fingerprint density at radius 3 is 2.59 bits per heavy atom. The van der Waals surface area contributed by atoms with Gasteiger partial charge in [-0.15, -0.1) is 0 Å². The highest BCUT2D eigenvalue weighted by Crippen LogP contribution is 2.46. The molecule has 7 heteroatoms. The van der Waals surface area contributed by atoms with Gasteiger partial charge in [-0.25, -0.2) is 4.79 Å². The average Bonchev–Trinajstić information content (AvgIpc) is 3.37. The fraction of sp³-hybridized carbons (Fsp3) is 0.450. The van der Waals surface area contributed by atoms with Gasteiger partial charge < -0.3 is 19.2 Å². The van der Waals surface area contributed by atoms with Gasteiger partial charge in [-0.05, 0) is 18.1 Å². The first-order valence-corrected chi connectivity index (χ1v) is 9.20. The quantitative estimate of drug-likeness (QED) is 0.816. The molecule has 142 valence electrons. The molecule has 0 N–H and O–H groups in total. The Bertz CT molecular complexity index is 849. The number of carbonyl (C=O) groups is 2. The summed E-state index contributed by atoms with van der Waals surface area (Å²) in [7, 11) is 3.57. The van der Waals surface area contributed by atoms with Gasteiger partial charge in [0, 0.05) is 51.6 Å². The van der Waals surface area contributed by atoms with E-state index in [4.69, 9.17) is 4.52 Å². The highest BCUT2D eigenvalue weighted by molar-refractivity contribution is 5.92. The lowest BCUT2D eigenvalue weighted by atomic mass is 9.88. The molecule has 3 heterocycles. The predicted octanol–water partition coefficient (Wildman–Crippen LogP) is 2.41. The lowest BCUT2D eigenvalue weighted by molar-refractivity contribution is 0.0756. The molecule has 7 nitrogen and oxygen atoms in total. The molecule has 2 fully saturated rings. The maximum atomic E-state index is 12.8. The van der Waals surface area contributed by atoms with E-state index in [2.05, 4.69) is 24.2 Å². The van der Waals surface area contributed by atoms with Crippen LogP contribution in [-0.4, -0.2) is 65.5 Å². The lowest BCUT2D eigenvalue weighted by Crippen LogP contribution is -2.42. The third-order valence-corrected chi connectivity index (χ3v) is 5.74. The van der Waals surface area contributed by atoms with E-state index in [1.165, 1.54) is 11.8 Å². The van der Waals surface area contributed by atoms with Gasteiger partial charge in [0.2, 0.25) is 0 Å². The molecule has 3 amide bonds. The van der Waals surface area contributed by atoms with Crippen LogP contribution in [0.1, 0.15) is 27.7 Å². The number of likely N-dealkylation sites (tertiary alicyclic amines) is 2. The Morgan fingerprint density at radius 1 is 1.15 bits per heavy atom. The van der Waals surface area contributed by atoms with Crippen molar-refractivity contribution >= 4 is 11.9 Å². The zero-order chi connectivity index (χ0) is 19.1. The number of urea groups is 1. The maximum Gasteiger partial charge on any atom is 0.320 e. The minimum Gasteiger partial charge on any atom is -0.364 e. The van der Waals surface area contributed by atoms with Gasteiger partial charge in [-0.1, -0.05) is 29.4 Å². The largest absolute Gasteiger partial charge is 0.364 e. The molecule has 0 saturated carbocycles. The molecule has 27 heavy (non-hydrogen) atoms. The number of hydrogen-bond donors (Lipinski definition) is 0. The molecule has 0 aliphatic carbocycles. The topological polar surface area (TPSA) is 69.9 Å². The minimum absolute atomic E-state index is 0.0204. The minimum atomic E-state index is -0.104. The van der Waals surface area contributed by atoms with Crippen LogP contribution in [0, 0.1) is 18.8 Å². The molecule has 1 aromatic carbocycles. The first-order chi connectivity index (χ1) is 13.0. The van der Waals surface area contributed by atoms with Crippen molar-refractivity contribution in [2.24, 2.45) is 11.8 Å². The summed E-state index contributed by atoms with van der Waals surface area (Å²) >= 11 is 0. The van der Waals surface area contributed by atoms with E-state index in [-0.39, 0.29) is 29.8 Å². The molecule has 4 rings (SSSR count). The van der Waals surface area contributed by atoms with E-state index < -0.39 is 0 Å². The van der Waals surface area contributed by atoms with Crippen molar-refractivity contribution in [2.75, 3.05) is 33.7 Å². The van der Waals surface area contributed by atoms with Crippen molar-refractivity contribution in [1.29, 1.82) is 0 Å². The number of carbonyl (C=O) groups excluding carboxylic acids is 2. The second kappa shape index (κ2) is 6.72. The molecular formula is C20H24N4O3. The first kappa shape index (κ1) is 17.6. The number of aromatic nitrogens is 1. The van der Waals surface area contributed by atoms with Crippen LogP contribution in [0.2, 0.25) is 0 Å². The molecular weight excluding hydrogens is 344 g/mol. The highest BCUT2D eigenvalue weighted by atomic mass is 16.5. The molecule has 2 aliphatic rings. The van der Waals surface area contributed by atoms with E-state index in [1.54, 1.807) is 25.1 Å². The van der Waals surface area contributed by atoms with Crippen molar-refractivity contribution in [1.82, 2.24) is 19.9 Å². The number of rotatable bonds is 2. The summed E-state index contributed by atoms with van der Waals surface area (Å²) in [6, 6.07) is 9.79. The van der Waals surface area contributed by atoms with Gasteiger partial charge in [-0.2, -0.15) is 0 Å². The summed E-state index contributed by atoms with van der Waals surface area (Å²) < 4.78 is 4.81. The first-order valence-electron chi connectivity index (χ1n) is 9.20. The number of aryl methyl sites for hydroxylation is 1. The third kappa shape index (κ3) is 2.97. The van der Waals surface area contributed by atoms with Crippen molar-refractivity contribution in [3.8, 4) is 0 Å². The summed E-state index contributed by atoms with van der Waals surface area (Å²) in [5.41, 5.74) is 2.67. The van der Waals surface area contributed by atoms with Gasteiger partial charge in [0.15, 0.2) is 5.69 Å². The van der Waals surface area contributed by atoms with Crippen molar-refractivity contribution in [2.45, 2.75) is 13.0 Å². The molecule has 3 atom stereocenters. The smallest absolute Gasteiger partial charge is 0.320 e. The standard InChI is InChI=1S/C20H24N4O3/c1-13-6-4-5-7-15(13)18-16-12-23(19(25)17-8-9-27-21-17)10-14(16)11-24(18)20(26)22(2)3/h4-9,14,16,18H,10-12H2,1-3H3/t14-,16-,18+/m1/s1. The summed E-state index contributed by atoms with van der Waals surface area (Å²) in [6.07, 6.45) is 1.41. The van der Waals surface area contributed by atoms with Crippen molar-refractivity contribution in [3.63, 3.8) is 0 Å². The van der Waals surface area contributed by atoms with Gasteiger partial charge in [0.05, 0.1) is 6.04 Å². The normalized spacial score (nSPS) is 24.2. The lowest BCUT2D eigenvalue weighted by Gasteiger charge is -2.32. The number of fused-ring (bicyclic) bond motifs is 1. The van der Waals surface area contributed by atoms with Crippen LogP contribution in [0.5, 0.6) is 0 Å². The summed E-state index contributed by atoms with van der Waals surface area (Å²) in [4.78, 5) is 31.0. The van der Waals surface area contributed by atoms with Crippen LogP contribution < -0.4 is 0 Å². The molecule has 0 bridgehead atoms. The summed E-state index contributed by atoms with van der Waals surface area (Å²) in [5, 5.41) is 3.77. The number of nitrogens with zero attached hydrogens (tertiary/aromatic N) is 4. The van der Waals surface area contributed by atoms with E-state index in [0.717, 1.165) is 5.56 Å². The van der Waals surface area contributed by atoms with Crippen LogP contribution in [0.25, 0.3) is 0 Å². The molecule has 0 unspecified atom stereocenters. The summed E-state index contributed by atoms with van der Waals surface area (Å²) in [5.74, 6) is 0.368. The Balaban J connectivity index is 1.64. The van der Waals surface area contributed by atoms with Gasteiger partial charge in [-0.3, -0.25) is 4.79 Å². The van der Waals surface area contributed by atoms with Crippen LogP contribution >= 0.6 is 0 Å². The van der Waals surface area contributed by atoms with E-state index >= 15 is 0 Å². The zero-order valence-corrected chi connectivity index (χ0v) is 15.8. The highest BCUT2D eigenvalue weighted by Gasteiger charge is 2.50. The Hall–Kier alpha value is -2.83. The van der Waals surface area contributed by atoms with E-state index in [9.17, 15) is 9.59 Å². The average molecular weight is 368 g/mol. The molecule has 1 aromatic heterocycles. The Kier molecular flexibility index (Phi) is 4.37. The van der Waals surface area contributed by atoms with Crippen LogP contribution in [0.15, 0.2) is 41.1 Å². The second-order valence-corrected chi connectivity index (χ2v) is 7.65.